The molecule has 0 saturated heterocycles. The van der Waals surface area contributed by atoms with Crippen molar-refractivity contribution in [2.24, 2.45) is 0 Å². The Morgan fingerprint density at radius 3 is 2.71 bits per heavy atom. The molecule has 0 saturated carbocycles. The fourth-order valence-electron chi connectivity index (χ4n) is 0.786. The van der Waals surface area contributed by atoms with Gasteiger partial charge in [0, 0.05) is 0 Å². The molecule has 14 heavy (non-hydrogen) atoms. The third-order valence-electron chi connectivity index (χ3n) is 1.45. The second-order valence-electron chi connectivity index (χ2n) is 2.49. The van der Waals surface area contributed by atoms with Crippen LogP contribution in [0.4, 0.5) is 4.79 Å². The molecule has 0 heterocycles. The molecule has 0 radical (unpaired) electrons. The maximum absolute atomic E-state index is 11.0. The van der Waals surface area contributed by atoms with Crippen molar-refractivity contribution in [3.63, 3.8) is 0 Å². The normalized spacial score (nSPS) is 11.5. The molecule has 0 spiro atoms. The molecule has 2 amide bonds. The van der Waals surface area contributed by atoms with Gasteiger partial charge in [-0.05, 0) is 24.6 Å². The van der Waals surface area contributed by atoms with Crippen molar-refractivity contribution in [1.82, 2.24) is 10.6 Å². The molecule has 5 nitrogen and oxygen atoms in total. The van der Waals surface area contributed by atoms with E-state index in [-0.39, 0.29) is 0 Å². The smallest absolute Gasteiger partial charge is 0.326 e. The third-order valence-corrected chi connectivity index (χ3v) is 2.09. The predicted molar refractivity (Wildman–Crippen MR) is 56.3 cm³/mol. The summed E-state index contributed by atoms with van der Waals surface area (Å²) in [6.07, 6.45) is 3.48. The summed E-state index contributed by atoms with van der Waals surface area (Å²) in [7, 11) is 0. The Balaban J connectivity index is 4.01. The summed E-state index contributed by atoms with van der Waals surface area (Å²) >= 11 is 1.53. The standard InChI is InChI=1S/C8H14N2O3S/c1-3-9-8(13)10-6(7(11)12)4-5-14-2/h3,6H,1,4-5H2,2H3,(H,11,12)(H2,9,10,13). The number of hydrogen-bond donors (Lipinski definition) is 3. The molecular weight excluding hydrogens is 204 g/mol. The van der Waals surface area contributed by atoms with Crippen LogP contribution in [0, 0.1) is 0 Å². The molecule has 0 bridgehead atoms. The van der Waals surface area contributed by atoms with E-state index in [0.29, 0.717) is 12.2 Å². The van der Waals surface area contributed by atoms with Gasteiger partial charge in [0.1, 0.15) is 6.04 Å². The van der Waals surface area contributed by atoms with E-state index in [9.17, 15) is 9.59 Å². The average Bonchev–Trinajstić information content (AvgIpc) is 2.12. The predicted octanol–water partition coefficient (Wildman–Crippen LogP) is 0.635. The number of nitrogens with one attached hydrogen (secondary N) is 2. The SMILES string of the molecule is C=CNC(=O)NC(CCSC)C(=O)O. The van der Waals surface area contributed by atoms with Gasteiger partial charge < -0.3 is 15.7 Å². The molecule has 0 aliphatic rings. The number of aliphatic carboxylic acids is 1. The average molecular weight is 218 g/mol. The van der Waals surface area contributed by atoms with Crippen LogP contribution in [0.1, 0.15) is 6.42 Å². The maximum atomic E-state index is 11.0. The summed E-state index contributed by atoms with van der Waals surface area (Å²) in [5, 5.41) is 13.3. The van der Waals surface area contributed by atoms with E-state index in [1.807, 2.05) is 6.26 Å². The van der Waals surface area contributed by atoms with Gasteiger partial charge in [-0.25, -0.2) is 9.59 Å². The lowest BCUT2D eigenvalue weighted by molar-refractivity contribution is -0.139. The maximum Gasteiger partial charge on any atom is 0.326 e. The van der Waals surface area contributed by atoms with Crippen LogP contribution in [0.3, 0.4) is 0 Å². The van der Waals surface area contributed by atoms with Gasteiger partial charge in [0.05, 0.1) is 0 Å². The molecule has 0 aliphatic heterocycles. The molecule has 0 rings (SSSR count). The van der Waals surface area contributed by atoms with E-state index in [4.69, 9.17) is 5.11 Å². The first-order chi connectivity index (χ1) is 6.61. The summed E-state index contributed by atoms with van der Waals surface area (Å²) in [6, 6.07) is -1.39. The number of carbonyl (C=O) groups excluding carboxylic acids is 1. The van der Waals surface area contributed by atoms with Crippen LogP contribution < -0.4 is 10.6 Å². The lowest BCUT2D eigenvalue weighted by atomic mass is 10.2. The number of amides is 2. The molecule has 0 aromatic rings. The summed E-state index contributed by atoms with van der Waals surface area (Å²) in [5.74, 6) is -0.344. The lowest BCUT2D eigenvalue weighted by Gasteiger charge is -2.13. The Morgan fingerprint density at radius 1 is 1.64 bits per heavy atom. The van der Waals surface area contributed by atoms with Crippen LogP contribution in [0.2, 0.25) is 0 Å². The van der Waals surface area contributed by atoms with Crippen LogP contribution in [-0.2, 0) is 4.79 Å². The van der Waals surface area contributed by atoms with Crippen molar-refractivity contribution in [2.45, 2.75) is 12.5 Å². The summed E-state index contributed by atoms with van der Waals surface area (Å²) in [5.41, 5.74) is 0. The second kappa shape index (κ2) is 7.25. The fraction of sp³-hybridized carbons (Fsp3) is 0.500. The van der Waals surface area contributed by atoms with E-state index in [1.54, 1.807) is 0 Å². The Labute approximate surface area is 86.9 Å². The zero-order chi connectivity index (χ0) is 11.0. The van der Waals surface area contributed by atoms with Crippen molar-refractivity contribution in [3.05, 3.63) is 12.8 Å². The van der Waals surface area contributed by atoms with Crippen molar-refractivity contribution in [2.75, 3.05) is 12.0 Å². The number of carbonyl (C=O) groups is 2. The van der Waals surface area contributed by atoms with Gasteiger partial charge >= 0.3 is 12.0 Å². The Bertz CT molecular complexity index is 221. The summed E-state index contributed by atoms with van der Waals surface area (Å²) in [6.45, 7) is 3.29. The van der Waals surface area contributed by atoms with Gasteiger partial charge in [0.2, 0.25) is 0 Å². The van der Waals surface area contributed by atoms with Crippen molar-refractivity contribution in [1.29, 1.82) is 0 Å². The molecule has 1 atom stereocenters. The monoisotopic (exact) mass is 218 g/mol. The molecule has 0 fully saturated rings. The lowest BCUT2D eigenvalue weighted by Crippen LogP contribution is -2.44. The van der Waals surface area contributed by atoms with Gasteiger partial charge in [-0.2, -0.15) is 11.8 Å². The van der Waals surface area contributed by atoms with Crippen molar-refractivity contribution in [3.8, 4) is 0 Å². The van der Waals surface area contributed by atoms with E-state index in [1.165, 1.54) is 18.0 Å². The molecule has 3 N–H and O–H groups in total. The minimum absolute atomic E-state index is 0.404. The van der Waals surface area contributed by atoms with Crippen LogP contribution in [0.15, 0.2) is 12.8 Å². The molecule has 80 valence electrons. The second-order valence-corrected chi connectivity index (χ2v) is 3.48. The van der Waals surface area contributed by atoms with Crippen molar-refractivity contribution < 1.29 is 14.7 Å². The number of carboxylic acids is 1. The minimum atomic E-state index is -1.03. The van der Waals surface area contributed by atoms with Crippen LogP contribution in [0.5, 0.6) is 0 Å². The Morgan fingerprint density at radius 2 is 2.29 bits per heavy atom. The van der Waals surface area contributed by atoms with Crippen LogP contribution in [-0.4, -0.2) is 35.2 Å². The largest absolute Gasteiger partial charge is 0.480 e. The van der Waals surface area contributed by atoms with E-state index in [2.05, 4.69) is 17.2 Å². The van der Waals surface area contributed by atoms with Crippen LogP contribution in [0.25, 0.3) is 0 Å². The van der Waals surface area contributed by atoms with Gasteiger partial charge in [-0.15, -0.1) is 0 Å². The van der Waals surface area contributed by atoms with E-state index >= 15 is 0 Å². The highest BCUT2D eigenvalue weighted by Gasteiger charge is 2.18. The van der Waals surface area contributed by atoms with Gasteiger partial charge in [-0.1, -0.05) is 6.58 Å². The number of thioether (sulfide) groups is 1. The Kier molecular flexibility index (Phi) is 6.65. The van der Waals surface area contributed by atoms with E-state index < -0.39 is 18.0 Å². The first-order valence-electron chi connectivity index (χ1n) is 4.01. The quantitative estimate of drug-likeness (QED) is 0.611. The molecular formula is C8H14N2O3S. The number of urea groups is 1. The minimum Gasteiger partial charge on any atom is -0.480 e. The van der Waals surface area contributed by atoms with Gasteiger partial charge in [0.15, 0.2) is 0 Å². The summed E-state index contributed by atoms with van der Waals surface area (Å²) in [4.78, 5) is 21.6. The highest BCUT2D eigenvalue weighted by atomic mass is 32.2. The topological polar surface area (TPSA) is 78.4 Å². The molecule has 0 aromatic carbocycles. The first-order valence-corrected chi connectivity index (χ1v) is 5.41. The zero-order valence-corrected chi connectivity index (χ0v) is 8.76. The number of rotatable bonds is 6. The van der Waals surface area contributed by atoms with Gasteiger partial charge in [0.25, 0.3) is 0 Å². The Hall–Kier alpha value is -1.17. The highest BCUT2D eigenvalue weighted by molar-refractivity contribution is 7.98. The number of hydrogen-bond acceptors (Lipinski definition) is 3. The van der Waals surface area contributed by atoms with Crippen molar-refractivity contribution >= 4 is 23.8 Å². The highest BCUT2D eigenvalue weighted by Crippen LogP contribution is 2.00. The fourth-order valence-corrected chi connectivity index (χ4v) is 1.26. The van der Waals surface area contributed by atoms with Gasteiger partial charge in [-0.3, -0.25) is 0 Å². The molecule has 0 aliphatic carbocycles. The van der Waals surface area contributed by atoms with E-state index in [0.717, 1.165) is 0 Å². The first kappa shape index (κ1) is 12.8. The van der Waals surface area contributed by atoms with Crippen LogP contribution >= 0.6 is 11.8 Å². The zero-order valence-electron chi connectivity index (χ0n) is 7.95. The molecule has 6 heteroatoms. The third kappa shape index (κ3) is 5.47. The summed E-state index contributed by atoms with van der Waals surface area (Å²) < 4.78 is 0. The molecule has 0 aromatic heterocycles. The number of carboxylic acid groups (broad SMARTS) is 1. The molecule has 1 unspecified atom stereocenters.